The number of alkyl halides is 1. The fourth-order valence-electron chi connectivity index (χ4n) is 8.82. The van der Waals surface area contributed by atoms with Crippen LogP contribution in [0, 0.1) is 0 Å². The molecule has 6 aromatic rings. The third-order valence-electron chi connectivity index (χ3n) is 12.4. The Labute approximate surface area is 435 Å². The van der Waals surface area contributed by atoms with Crippen molar-refractivity contribution in [1.82, 2.24) is 15.2 Å². The highest BCUT2D eigenvalue weighted by atomic mass is 127. The Bertz CT molecular complexity index is 2830. The van der Waals surface area contributed by atoms with Gasteiger partial charge in [0.1, 0.15) is 33.9 Å². The Hall–Kier alpha value is -6.56. The first-order chi connectivity index (χ1) is 34.4. The van der Waals surface area contributed by atoms with Crippen molar-refractivity contribution in [3.63, 3.8) is 0 Å². The van der Waals surface area contributed by atoms with Gasteiger partial charge in [-0.2, -0.15) is 0 Å². The number of halogens is 1. The van der Waals surface area contributed by atoms with Crippen molar-refractivity contribution < 1.29 is 33.5 Å². The molecule has 0 bridgehead atoms. The number of aromatic nitrogens is 1. The summed E-state index contributed by atoms with van der Waals surface area (Å²) in [6.45, 7) is 5.33. The summed E-state index contributed by atoms with van der Waals surface area (Å²) in [6.07, 6.45) is 4.39. The molecule has 71 heavy (non-hydrogen) atoms. The van der Waals surface area contributed by atoms with E-state index in [1.54, 1.807) is 26.2 Å². The number of nitrogens with zero attached hydrogens (tertiary/aromatic N) is 3. The van der Waals surface area contributed by atoms with Crippen LogP contribution in [-0.4, -0.2) is 72.1 Å². The van der Waals surface area contributed by atoms with Gasteiger partial charge in [-0.15, -0.1) is 23.1 Å². The Morgan fingerprint density at radius 1 is 0.831 bits per heavy atom. The molecule has 3 aliphatic rings. The van der Waals surface area contributed by atoms with Crippen LogP contribution in [0.15, 0.2) is 186 Å². The lowest BCUT2D eigenvalue weighted by molar-refractivity contribution is -0.196. The molecule has 2 amide bonds. The van der Waals surface area contributed by atoms with Gasteiger partial charge in [-0.3, -0.25) is 14.5 Å². The van der Waals surface area contributed by atoms with E-state index in [0.717, 1.165) is 27.8 Å². The standard InChI is InChI=1S/C56H52IN5O7S2/c1-54(2,3)68-52(66)55(32-20-33-55)69-61-44(43-36-71-53(58-43)60-56(40-26-13-6-14-27-40,41-28-15-7-16-29-41)42-30-17-8-18-31-42)48(63)59-45-49(64)62-46(39(25-19-34-57)35-70-50(45)62)51(65)67-47(37-21-9-4-10-22-37)38-23-11-5-12-24-38/h4-19,21-31,36,45,47,50H,20,32-35H2,1-3H3,(H,58,60)(H,59,63)/b25-19?,61-44+/t45?,50-/m1/s1. The van der Waals surface area contributed by atoms with Gasteiger partial charge in [0.25, 0.3) is 11.8 Å². The molecule has 5 aromatic carbocycles. The second-order valence-corrected chi connectivity index (χ2v) is 21.1. The van der Waals surface area contributed by atoms with E-state index in [2.05, 4.69) is 74.8 Å². The van der Waals surface area contributed by atoms with Crippen molar-refractivity contribution in [3.8, 4) is 0 Å². The van der Waals surface area contributed by atoms with Gasteiger partial charge in [0.05, 0.1) is 0 Å². The molecule has 1 aliphatic carbocycles. The number of carbonyl (C=O) groups excluding carboxylic acids is 4. The number of hydrogen-bond acceptors (Lipinski definition) is 12. The van der Waals surface area contributed by atoms with E-state index in [9.17, 15) is 19.2 Å². The van der Waals surface area contributed by atoms with Gasteiger partial charge >= 0.3 is 11.9 Å². The number of allylic oxidation sites excluding steroid dienone is 2. The molecule has 15 heteroatoms. The van der Waals surface area contributed by atoms with Crippen LogP contribution in [0.25, 0.3) is 0 Å². The van der Waals surface area contributed by atoms with Crippen molar-refractivity contribution >= 4 is 80.3 Å². The minimum atomic E-state index is -1.42. The molecule has 362 valence electrons. The zero-order valence-corrected chi connectivity index (χ0v) is 43.1. The first-order valence-corrected chi connectivity index (χ1v) is 26.8. The van der Waals surface area contributed by atoms with E-state index < -0.39 is 58.0 Å². The van der Waals surface area contributed by atoms with Crippen LogP contribution in [-0.2, 0) is 39.0 Å². The van der Waals surface area contributed by atoms with Gasteiger partial charge in [0.2, 0.25) is 5.60 Å². The Morgan fingerprint density at radius 2 is 1.37 bits per heavy atom. The highest BCUT2D eigenvalue weighted by Crippen LogP contribution is 2.44. The summed E-state index contributed by atoms with van der Waals surface area (Å²) in [5.41, 5.74) is 1.93. The van der Waals surface area contributed by atoms with Gasteiger partial charge in [-0.25, -0.2) is 14.6 Å². The topological polar surface area (TPSA) is 149 Å². The molecule has 1 saturated heterocycles. The molecule has 3 heterocycles. The maximum absolute atomic E-state index is 14.8. The summed E-state index contributed by atoms with van der Waals surface area (Å²) >= 11 is 4.92. The number of rotatable bonds is 17. The molecular weight excluding hydrogens is 1050 g/mol. The fraction of sp³-hybridized carbons (Fsp3) is 0.250. The number of ether oxygens (including phenoxy) is 2. The molecule has 0 radical (unpaired) electrons. The zero-order valence-electron chi connectivity index (χ0n) is 39.3. The second kappa shape index (κ2) is 21.4. The number of thiazole rings is 1. The van der Waals surface area contributed by atoms with Crippen LogP contribution >= 0.6 is 45.7 Å². The van der Waals surface area contributed by atoms with Crippen LogP contribution < -0.4 is 10.6 Å². The van der Waals surface area contributed by atoms with Crippen LogP contribution in [0.4, 0.5) is 5.13 Å². The number of esters is 2. The van der Waals surface area contributed by atoms with E-state index in [-0.39, 0.29) is 17.1 Å². The maximum atomic E-state index is 14.8. The van der Waals surface area contributed by atoms with E-state index in [0.29, 0.717) is 40.1 Å². The summed E-state index contributed by atoms with van der Waals surface area (Å²) in [7, 11) is 0. The molecule has 1 unspecified atom stereocenters. The quantitative estimate of drug-likeness (QED) is 0.0172. The largest absolute Gasteiger partial charge is 0.457 e. The third kappa shape index (κ3) is 10.4. The number of anilines is 1. The highest BCUT2D eigenvalue weighted by molar-refractivity contribution is 14.1. The lowest BCUT2D eigenvalue weighted by Gasteiger charge is -2.49. The van der Waals surface area contributed by atoms with Gasteiger partial charge in [0.15, 0.2) is 16.9 Å². The lowest BCUT2D eigenvalue weighted by atomic mass is 9.77. The predicted octanol–water partition coefficient (Wildman–Crippen LogP) is 10.5. The van der Waals surface area contributed by atoms with Crippen molar-refractivity contribution in [2.24, 2.45) is 5.16 Å². The van der Waals surface area contributed by atoms with E-state index in [1.165, 1.54) is 28.0 Å². The van der Waals surface area contributed by atoms with Gasteiger partial charge in [-0.05, 0) is 60.6 Å². The first kappa shape index (κ1) is 49.4. The lowest BCUT2D eigenvalue weighted by Crippen LogP contribution is -2.71. The monoisotopic (exact) mass is 1100 g/mol. The van der Waals surface area contributed by atoms with Gasteiger partial charge < -0.3 is 24.9 Å². The van der Waals surface area contributed by atoms with Crippen LogP contribution in [0.5, 0.6) is 0 Å². The summed E-state index contributed by atoms with van der Waals surface area (Å²) in [4.78, 5) is 70.0. The van der Waals surface area contributed by atoms with E-state index >= 15 is 0 Å². The van der Waals surface area contributed by atoms with Crippen LogP contribution in [0.1, 0.15) is 79.6 Å². The van der Waals surface area contributed by atoms with E-state index in [4.69, 9.17) is 19.3 Å². The molecule has 2 N–H and O–H groups in total. The summed E-state index contributed by atoms with van der Waals surface area (Å²) in [6, 6.07) is 48.0. The van der Waals surface area contributed by atoms with Crippen molar-refractivity contribution in [3.05, 3.63) is 214 Å². The van der Waals surface area contributed by atoms with Crippen LogP contribution in [0.2, 0.25) is 0 Å². The number of carbonyl (C=O) groups is 4. The molecule has 1 aromatic heterocycles. The zero-order chi connectivity index (χ0) is 49.6. The maximum Gasteiger partial charge on any atom is 0.356 e. The van der Waals surface area contributed by atoms with Crippen molar-refractivity contribution in [2.45, 2.75) is 74.3 Å². The van der Waals surface area contributed by atoms with Crippen molar-refractivity contribution in [2.75, 3.05) is 15.5 Å². The smallest absolute Gasteiger partial charge is 0.356 e. The number of amides is 2. The summed E-state index contributed by atoms with van der Waals surface area (Å²) < 4.78 is 12.8. The SMILES string of the molecule is CC(C)(C)OC(=O)C1(O/N=C(/C(=O)NC2C(=O)N3C(C(=O)OC(c4ccccc4)c4ccccc4)=C(C=CCI)CS[C@H]23)c2csc(NC(c3ccccc3)(c3ccccc3)c3ccccc3)n2)CCC1. The Balaban J connectivity index is 1.04. The van der Waals surface area contributed by atoms with Crippen LogP contribution in [0.3, 0.4) is 0 Å². The minimum Gasteiger partial charge on any atom is -0.457 e. The molecule has 12 nitrogen and oxygen atoms in total. The Kier molecular flexibility index (Phi) is 14.9. The number of fused-ring (bicyclic) bond motifs is 1. The second-order valence-electron chi connectivity index (χ2n) is 18.3. The molecule has 9 rings (SSSR count). The number of nitrogens with one attached hydrogen (secondary N) is 2. The minimum absolute atomic E-state index is 0.123. The number of oxime groups is 1. The number of benzene rings is 5. The molecule has 2 aliphatic heterocycles. The summed E-state index contributed by atoms with van der Waals surface area (Å²) in [5, 5.41) is 12.6. The predicted molar refractivity (Wildman–Crippen MR) is 286 cm³/mol. The van der Waals surface area contributed by atoms with E-state index in [1.807, 2.05) is 127 Å². The molecule has 0 spiro atoms. The average Bonchev–Trinajstić information content (AvgIpc) is 3.84. The normalized spacial score (nSPS) is 17.7. The molecular formula is C56H52IN5O7S2. The molecule has 2 atom stereocenters. The molecule has 2 fully saturated rings. The Morgan fingerprint density at radius 3 is 1.86 bits per heavy atom. The van der Waals surface area contributed by atoms with Gasteiger partial charge in [0, 0.05) is 28.4 Å². The third-order valence-corrected chi connectivity index (χ3v) is 15.0. The molecule has 1 saturated carbocycles. The van der Waals surface area contributed by atoms with Gasteiger partial charge in [-0.1, -0.05) is 192 Å². The number of β-lactam (4-membered cyclic amide) rings is 1. The first-order valence-electron chi connectivity index (χ1n) is 23.3. The van der Waals surface area contributed by atoms with Crippen molar-refractivity contribution in [1.29, 1.82) is 0 Å². The fourth-order valence-corrected chi connectivity index (χ4v) is 11.1. The summed E-state index contributed by atoms with van der Waals surface area (Å²) in [5.74, 6) is -2.13. The number of thioether (sulfide) groups is 1. The highest BCUT2D eigenvalue weighted by Gasteiger charge is 2.55. The number of hydrogen-bond donors (Lipinski definition) is 2. The average molecular weight is 1100 g/mol.